The molecule has 2 saturated carbocycles. The number of anilines is 1. The molecule has 17 heteroatoms. The summed E-state index contributed by atoms with van der Waals surface area (Å²) in [5, 5.41) is 6.15. The molecular weight excluding hydrogens is 1080 g/mol. The summed E-state index contributed by atoms with van der Waals surface area (Å²) in [5.41, 5.74) is 12.7. The minimum Gasteiger partial charge on any atom is -0.464 e. The SMILES string of the molecule is CCn1c(-c2cc(N3CCN4CCC[C@@H]4C3)cnc2C(C)C)c2c3cc(ccc31)-c1cccc(c1)C[C@H](NC(=O)[C@H](C1CCCC1)N1CC[C@]3(CCN(C(=O)[C@H]4[C@@H](C5CC5)N4[S@](=O)C(C)(C)C)C3)C1)C(=O)N1CCC[C@H](N1)C(=O)OCC(C)(C)C2. The number of ether oxygens (including phenoxy) is 1. The Bertz CT molecular complexity index is 3250. The molecule has 1 spiro atoms. The number of likely N-dealkylation sites (tertiary alicyclic amines) is 2. The van der Waals surface area contributed by atoms with Crippen LogP contribution >= 0.6 is 0 Å². The van der Waals surface area contributed by atoms with Gasteiger partial charge in [-0.05, 0) is 170 Å². The Balaban J connectivity index is 0.811. The monoisotopic (exact) mass is 1180 g/mol. The average molecular weight is 1180 g/mol. The summed E-state index contributed by atoms with van der Waals surface area (Å²) in [6.07, 6.45) is 14.6. The molecule has 6 saturated heterocycles. The van der Waals surface area contributed by atoms with Crippen LogP contribution in [0, 0.1) is 22.7 Å². The molecule has 2 aromatic heterocycles. The molecule has 2 aromatic carbocycles. The number of amides is 3. The Morgan fingerprint density at radius 2 is 1.66 bits per heavy atom. The van der Waals surface area contributed by atoms with E-state index in [9.17, 15) is 13.8 Å². The van der Waals surface area contributed by atoms with Crippen LogP contribution in [-0.2, 0) is 54.3 Å². The molecule has 2 N–H and O–H groups in total. The van der Waals surface area contributed by atoms with Crippen LogP contribution in [0.5, 0.6) is 0 Å². The number of carbonyl (C=O) groups excluding carboxylic acids is 4. The Morgan fingerprint density at radius 3 is 2.42 bits per heavy atom. The predicted molar refractivity (Wildman–Crippen MR) is 335 cm³/mol. The van der Waals surface area contributed by atoms with Crippen LogP contribution < -0.4 is 15.6 Å². The molecule has 9 aliphatic rings. The zero-order valence-electron chi connectivity index (χ0n) is 52.0. The molecule has 9 atom stereocenters. The van der Waals surface area contributed by atoms with Gasteiger partial charge >= 0.3 is 5.97 Å². The van der Waals surface area contributed by atoms with E-state index in [1.165, 1.54) is 36.3 Å². The minimum atomic E-state index is -1.25. The molecule has 9 heterocycles. The number of fused-ring (bicyclic) bond motifs is 7. The number of nitrogens with one attached hydrogen (secondary N) is 2. The fourth-order valence-electron chi connectivity index (χ4n) is 16.4. The maximum absolute atomic E-state index is 15.5. The molecule has 85 heavy (non-hydrogen) atoms. The van der Waals surface area contributed by atoms with E-state index in [1.807, 2.05) is 30.0 Å². The number of aromatic nitrogens is 2. The zero-order valence-corrected chi connectivity index (χ0v) is 52.8. The van der Waals surface area contributed by atoms with Crippen LogP contribution in [0.25, 0.3) is 33.3 Å². The van der Waals surface area contributed by atoms with Gasteiger partial charge in [0.1, 0.15) is 29.1 Å². The van der Waals surface area contributed by atoms with Crippen molar-refractivity contribution in [3.05, 3.63) is 71.5 Å². The van der Waals surface area contributed by atoms with E-state index < -0.39 is 39.3 Å². The second kappa shape index (κ2) is 23.1. The molecule has 7 aliphatic heterocycles. The molecule has 0 radical (unpaired) electrons. The van der Waals surface area contributed by atoms with Crippen molar-refractivity contribution in [2.45, 2.75) is 199 Å². The molecular formula is C68H94N10O6S. The number of rotatable bonds is 11. The van der Waals surface area contributed by atoms with Crippen LogP contribution in [-0.4, -0.2) is 168 Å². The summed E-state index contributed by atoms with van der Waals surface area (Å²) in [6, 6.07) is 16.0. The molecule has 6 bridgehead atoms. The third kappa shape index (κ3) is 11.5. The maximum atomic E-state index is 15.5. The van der Waals surface area contributed by atoms with E-state index in [0.29, 0.717) is 57.4 Å². The fraction of sp³-hybridized carbons (Fsp3) is 0.662. The van der Waals surface area contributed by atoms with Gasteiger partial charge in [0.15, 0.2) is 0 Å². The smallest absolute Gasteiger partial charge is 0.324 e. The average Bonchev–Trinajstić information content (AvgIpc) is 1.66. The first-order valence-electron chi connectivity index (χ1n) is 32.8. The largest absolute Gasteiger partial charge is 0.464 e. The van der Waals surface area contributed by atoms with Crippen molar-refractivity contribution in [2.75, 3.05) is 70.4 Å². The van der Waals surface area contributed by atoms with Gasteiger partial charge in [0.2, 0.25) is 11.8 Å². The second-order valence-electron chi connectivity index (χ2n) is 29.3. The van der Waals surface area contributed by atoms with Crippen LogP contribution in [0.2, 0.25) is 0 Å². The molecule has 16 nitrogen and oxygen atoms in total. The van der Waals surface area contributed by atoms with Crippen molar-refractivity contribution < 1.29 is 28.1 Å². The van der Waals surface area contributed by atoms with Gasteiger partial charge in [-0.2, -0.15) is 0 Å². The standard InChI is InChI=1S/C68H94N10O6S/c1-9-76-56-24-23-48-35-51(56)53(60(76)52-36-50(38-69-57(52)43(2)3)73-32-31-72-27-13-19-49(72)39-73)37-67(7,8)42-84-65(82)54-20-14-28-77(71-54)63(80)55(34-44-15-12-18-47(48)33-44)70-62(79)59(45-16-10-11-17-45)74-29-25-68(40-74)26-30-75(41-68)64(81)61-58(46-21-22-46)78(61)85(83)66(4,5)6/h12,15,18,23-24,33,35-36,38,43,45-46,49,54-55,58-59,61,71H,9-11,13-14,16-17,19-22,25-32,34,37,39-42H2,1-8H3,(H,70,79)/t49-,54+,55+,58-,59+,61-,68+,78?,85-/m1/s1. The molecule has 3 amide bonds. The number of cyclic esters (lactones) is 1. The van der Waals surface area contributed by atoms with Crippen LogP contribution in [0.1, 0.15) is 155 Å². The number of esters is 1. The summed E-state index contributed by atoms with van der Waals surface area (Å²) in [7, 11) is -1.25. The van der Waals surface area contributed by atoms with Gasteiger partial charge in [-0.15, -0.1) is 0 Å². The van der Waals surface area contributed by atoms with Crippen molar-refractivity contribution in [3.63, 3.8) is 0 Å². The lowest BCUT2D eigenvalue weighted by atomic mass is 9.83. The highest BCUT2D eigenvalue weighted by atomic mass is 32.2. The summed E-state index contributed by atoms with van der Waals surface area (Å²) in [6.45, 7) is 25.4. The lowest BCUT2D eigenvalue weighted by Crippen LogP contribution is -2.62. The third-order valence-electron chi connectivity index (χ3n) is 21.1. The van der Waals surface area contributed by atoms with Crippen LogP contribution in [0.15, 0.2) is 54.7 Å². The maximum Gasteiger partial charge on any atom is 0.324 e. The van der Waals surface area contributed by atoms with Crippen molar-refractivity contribution in [2.24, 2.45) is 22.7 Å². The van der Waals surface area contributed by atoms with Gasteiger partial charge < -0.3 is 24.4 Å². The first-order valence-corrected chi connectivity index (χ1v) is 33.9. The van der Waals surface area contributed by atoms with Gasteiger partial charge in [0.25, 0.3) is 5.91 Å². The van der Waals surface area contributed by atoms with Crippen LogP contribution in [0.4, 0.5) is 5.69 Å². The number of benzene rings is 2. The molecule has 13 rings (SSSR count). The Morgan fingerprint density at radius 1 is 0.882 bits per heavy atom. The number of hydrogen-bond acceptors (Lipinski definition) is 11. The van der Waals surface area contributed by atoms with E-state index in [2.05, 4.69) is 119 Å². The van der Waals surface area contributed by atoms with Gasteiger partial charge in [-0.1, -0.05) is 70.9 Å². The van der Waals surface area contributed by atoms with Gasteiger partial charge in [0.05, 0.1) is 46.7 Å². The lowest BCUT2D eigenvalue weighted by molar-refractivity contribution is -0.155. The molecule has 4 aromatic rings. The van der Waals surface area contributed by atoms with Gasteiger partial charge in [-0.3, -0.25) is 39.0 Å². The third-order valence-corrected chi connectivity index (χ3v) is 23.0. The van der Waals surface area contributed by atoms with Gasteiger partial charge in [0, 0.05) is 92.1 Å². The first kappa shape index (κ1) is 58.8. The minimum absolute atomic E-state index is 0.0685. The number of pyridine rings is 1. The lowest BCUT2D eigenvalue weighted by Gasteiger charge is -2.39. The Kier molecular flexibility index (Phi) is 16.0. The number of nitrogens with zero attached hydrogens (tertiary/aromatic N) is 8. The number of carbonyl (C=O) groups is 4. The van der Waals surface area contributed by atoms with E-state index in [4.69, 9.17) is 9.72 Å². The fourth-order valence-corrected chi connectivity index (χ4v) is 17.9. The van der Waals surface area contributed by atoms with Crippen molar-refractivity contribution in [1.82, 2.24) is 44.3 Å². The molecule has 458 valence electrons. The number of piperazine rings is 1. The van der Waals surface area contributed by atoms with E-state index in [-0.39, 0.29) is 66.1 Å². The Labute approximate surface area is 507 Å². The summed E-state index contributed by atoms with van der Waals surface area (Å²) in [5.74, 6) is 0.112. The molecule has 2 aliphatic carbocycles. The van der Waals surface area contributed by atoms with Gasteiger partial charge in [-0.25, -0.2) is 13.9 Å². The highest BCUT2D eigenvalue weighted by Crippen LogP contribution is 2.52. The number of aryl methyl sites for hydroxylation is 1. The highest BCUT2D eigenvalue weighted by molar-refractivity contribution is 7.84. The van der Waals surface area contributed by atoms with Crippen molar-refractivity contribution in [3.8, 4) is 22.4 Å². The normalized spacial score (nSPS) is 29.4. The number of hydrazine groups is 1. The van der Waals surface area contributed by atoms with Crippen molar-refractivity contribution in [1.29, 1.82) is 0 Å². The Hall–Kier alpha value is -5.20. The predicted octanol–water partition coefficient (Wildman–Crippen LogP) is 8.85. The second-order valence-corrected chi connectivity index (χ2v) is 31.4. The van der Waals surface area contributed by atoms with Crippen LogP contribution in [0.3, 0.4) is 0 Å². The summed E-state index contributed by atoms with van der Waals surface area (Å²) >= 11 is 0. The van der Waals surface area contributed by atoms with Crippen molar-refractivity contribution >= 4 is 51.3 Å². The molecule has 8 fully saturated rings. The highest BCUT2D eigenvalue weighted by Gasteiger charge is 2.64. The van der Waals surface area contributed by atoms with E-state index in [0.717, 1.165) is 123 Å². The summed E-state index contributed by atoms with van der Waals surface area (Å²) < 4.78 is 24.1. The quantitative estimate of drug-likeness (QED) is 0.109. The van der Waals surface area contributed by atoms with E-state index in [1.54, 1.807) is 5.01 Å². The number of hydrogen-bond donors (Lipinski definition) is 2. The first-order chi connectivity index (χ1) is 40.8. The molecule has 1 unspecified atom stereocenters. The summed E-state index contributed by atoms with van der Waals surface area (Å²) in [4.78, 5) is 74.5. The zero-order chi connectivity index (χ0) is 59.3. The topological polar surface area (TPSA) is 156 Å². The van der Waals surface area contributed by atoms with E-state index >= 15 is 9.59 Å².